The summed E-state index contributed by atoms with van der Waals surface area (Å²) in [5.74, 6) is 0. The maximum atomic E-state index is 8.26. The van der Waals surface area contributed by atoms with Crippen LogP contribution in [0.5, 0.6) is 0 Å². The van der Waals surface area contributed by atoms with Crippen molar-refractivity contribution in [3.8, 4) is 22.4 Å². The number of fused-ring (bicyclic) bond motifs is 3. The zero-order chi connectivity index (χ0) is 21.0. The van der Waals surface area contributed by atoms with E-state index in [1.54, 1.807) is 17.5 Å². The van der Waals surface area contributed by atoms with Crippen LogP contribution in [0.15, 0.2) is 91.0 Å². The van der Waals surface area contributed by atoms with Crippen molar-refractivity contribution < 1.29 is 6.85 Å². The molecule has 3 aromatic carbocycles. The van der Waals surface area contributed by atoms with Gasteiger partial charge in [0.2, 0.25) is 0 Å². The average Bonchev–Trinajstić information content (AvgIpc) is 3.15. The monoisotopic (exact) mass is 342 g/mol. The lowest BCUT2D eigenvalue weighted by Gasteiger charge is -2.02. The fourth-order valence-electron chi connectivity index (χ4n) is 3.07. The molecule has 2 heteroatoms. The summed E-state index contributed by atoms with van der Waals surface area (Å²) >= 11 is 1.62. The molecular formula is C23H15NS. The quantitative estimate of drug-likeness (QED) is 0.344. The van der Waals surface area contributed by atoms with Gasteiger partial charge in [0.15, 0.2) is 0 Å². The molecule has 0 saturated heterocycles. The Labute approximate surface area is 157 Å². The van der Waals surface area contributed by atoms with Gasteiger partial charge < -0.3 is 0 Å². The molecule has 0 bridgehead atoms. The minimum atomic E-state index is -0.378. The highest BCUT2D eigenvalue weighted by Gasteiger charge is 2.11. The number of hydrogen-bond acceptors (Lipinski definition) is 2. The van der Waals surface area contributed by atoms with Crippen LogP contribution in [0.3, 0.4) is 0 Å². The first-order chi connectivity index (χ1) is 14.5. The second-order valence-electron chi connectivity index (χ2n) is 5.71. The summed E-state index contributed by atoms with van der Waals surface area (Å²) in [5, 5.41) is 2.19. The van der Waals surface area contributed by atoms with Gasteiger partial charge in [0, 0.05) is 31.9 Å². The molecule has 2 aromatic heterocycles. The maximum Gasteiger partial charge on any atom is 0.0716 e. The van der Waals surface area contributed by atoms with E-state index in [-0.39, 0.29) is 35.8 Å². The van der Waals surface area contributed by atoms with Gasteiger partial charge in [-0.05, 0) is 29.3 Å². The lowest BCUT2D eigenvalue weighted by Crippen LogP contribution is -1.81. The van der Waals surface area contributed by atoms with Crippen LogP contribution < -0.4 is 0 Å². The number of thiophene rings is 1. The molecule has 0 unspecified atom stereocenters. The fourth-order valence-corrected chi connectivity index (χ4v) is 4.34. The Balaban J connectivity index is 1.77. The first-order valence-corrected chi connectivity index (χ1v) is 8.73. The molecule has 0 radical (unpaired) electrons. The number of rotatable bonds is 2. The summed E-state index contributed by atoms with van der Waals surface area (Å²) in [6.07, 6.45) is 1.78. The summed E-state index contributed by atoms with van der Waals surface area (Å²) in [5.41, 5.74) is 2.80. The van der Waals surface area contributed by atoms with E-state index >= 15 is 0 Å². The Hall–Kier alpha value is -2.97. The van der Waals surface area contributed by atoms with Crippen LogP contribution >= 0.6 is 11.3 Å². The van der Waals surface area contributed by atoms with E-state index in [0.29, 0.717) is 5.56 Å². The molecular weight excluding hydrogens is 322 g/mol. The van der Waals surface area contributed by atoms with Crippen molar-refractivity contribution in [2.75, 3.05) is 0 Å². The van der Waals surface area contributed by atoms with E-state index in [9.17, 15) is 0 Å². The molecule has 0 aliphatic heterocycles. The summed E-state index contributed by atoms with van der Waals surface area (Å²) in [6, 6.07) is 16.3. The molecule has 0 atom stereocenters. The Bertz CT molecular complexity index is 1410. The van der Waals surface area contributed by atoms with Crippen LogP contribution in [-0.4, -0.2) is 4.98 Å². The SMILES string of the molecule is [2H]c1c([2H])c([2H])c(-c2ccc3c(c2)sc2c(-c4ccccn4)cccc23)c([2H])c1[2H]. The van der Waals surface area contributed by atoms with Crippen molar-refractivity contribution in [1.29, 1.82) is 0 Å². The van der Waals surface area contributed by atoms with E-state index in [1.807, 2.05) is 42.5 Å². The molecule has 5 rings (SSSR count). The van der Waals surface area contributed by atoms with Gasteiger partial charge in [0.25, 0.3) is 0 Å². The van der Waals surface area contributed by atoms with Crippen LogP contribution in [0.25, 0.3) is 42.6 Å². The molecule has 118 valence electrons. The summed E-state index contributed by atoms with van der Waals surface area (Å²) in [4.78, 5) is 4.48. The van der Waals surface area contributed by atoms with Gasteiger partial charge in [0.1, 0.15) is 0 Å². The van der Waals surface area contributed by atoms with E-state index in [4.69, 9.17) is 6.85 Å². The van der Waals surface area contributed by atoms with Gasteiger partial charge in [-0.1, -0.05) is 66.6 Å². The number of nitrogens with zero attached hydrogens (tertiary/aromatic N) is 1. The molecule has 25 heavy (non-hydrogen) atoms. The third-order valence-electron chi connectivity index (χ3n) is 4.23. The molecule has 1 nitrogen and oxygen atoms in total. The second-order valence-corrected chi connectivity index (χ2v) is 6.76. The molecule has 0 aliphatic carbocycles. The van der Waals surface area contributed by atoms with Crippen molar-refractivity contribution in [2.45, 2.75) is 0 Å². The first kappa shape index (κ1) is 10.1. The smallest absolute Gasteiger partial charge is 0.0716 e. The van der Waals surface area contributed by atoms with Crippen LogP contribution in [0.4, 0.5) is 0 Å². The molecule has 5 aromatic rings. The number of pyridine rings is 1. The Morgan fingerprint density at radius 1 is 0.800 bits per heavy atom. The lowest BCUT2D eigenvalue weighted by atomic mass is 10.0. The van der Waals surface area contributed by atoms with Gasteiger partial charge in [-0.3, -0.25) is 4.98 Å². The average molecular weight is 342 g/mol. The topological polar surface area (TPSA) is 12.9 Å². The predicted molar refractivity (Wildman–Crippen MR) is 108 cm³/mol. The van der Waals surface area contributed by atoms with Gasteiger partial charge in [-0.15, -0.1) is 11.3 Å². The minimum Gasteiger partial charge on any atom is -0.256 e. The fraction of sp³-hybridized carbons (Fsp3) is 0. The van der Waals surface area contributed by atoms with Gasteiger partial charge in [0.05, 0.1) is 12.5 Å². The Morgan fingerprint density at radius 3 is 2.56 bits per heavy atom. The van der Waals surface area contributed by atoms with Crippen LogP contribution in [0, 0.1) is 0 Å². The molecule has 0 aliphatic rings. The summed E-state index contributed by atoms with van der Waals surface area (Å²) in [7, 11) is 0. The van der Waals surface area contributed by atoms with E-state index in [0.717, 1.165) is 31.4 Å². The Morgan fingerprint density at radius 2 is 1.72 bits per heavy atom. The normalized spacial score (nSPS) is 14.0. The number of hydrogen-bond donors (Lipinski definition) is 0. The molecule has 2 heterocycles. The third kappa shape index (κ3) is 2.43. The first-order valence-electron chi connectivity index (χ1n) is 10.4. The highest BCUT2D eigenvalue weighted by Crippen LogP contribution is 2.40. The third-order valence-corrected chi connectivity index (χ3v) is 5.43. The standard InChI is InChI=1S/C23H15NS/c1-2-7-16(8-3-1)17-12-13-18-19-9-6-10-20(21-11-4-5-14-24-21)23(19)25-22(18)15-17/h1-15H/i1D,2D,3D,7D,8D. The van der Waals surface area contributed by atoms with E-state index in [1.165, 1.54) is 0 Å². The van der Waals surface area contributed by atoms with Crippen LogP contribution in [0.2, 0.25) is 0 Å². The summed E-state index contributed by atoms with van der Waals surface area (Å²) < 4.78 is 42.3. The van der Waals surface area contributed by atoms with Crippen molar-refractivity contribution in [1.82, 2.24) is 4.98 Å². The molecule has 0 saturated carbocycles. The number of benzene rings is 3. The lowest BCUT2D eigenvalue weighted by molar-refractivity contribution is 1.33. The molecule has 0 amide bonds. The highest BCUT2D eigenvalue weighted by molar-refractivity contribution is 7.26. The molecule has 0 spiro atoms. The Kier molecular flexibility index (Phi) is 2.36. The van der Waals surface area contributed by atoms with E-state index in [2.05, 4.69) is 17.1 Å². The van der Waals surface area contributed by atoms with Crippen LogP contribution in [-0.2, 0) is 0 Å². The zero-order valence-electron chi connectivity index (χ0n) is 18.1. The zero-order valence-corrected chi connectivity index (χ0v) is 13.9. The van der Waals surface area contributed by atoms with Crippen molar-refractivity contribution in [2.24, 2.45) is 0 Å². The molecule has 0 fully saturated rings. The van der Waals surface area contributed by atoms with Crippen LogP contribution in [0.1, 0.15) is 6.85 Å². The highest BCUT2D eigenvalue weighted by atomic mass is 32.1. The number of aromatic nitrogens is 1. The second kappa shape index (κ2) is 5.83. The van der Waals surface area contributed by atoms with Crippen molar-refractivity contribution in [3.63, 3.8) is 0 Å². The summed E-state index contributed by atoms with van der Waals surface area (Å²) in [6.45, 7) is 0. The predicted octanol–water partition coefficient (Wildman–Crippen LogP) is 6.78. The largest absolute Gasteiger partial charge is 0.256 e. The maximum absolute atomic E-state index is 8.26. The van der Waals surface area contributed by atoms with E-state index < -0.39 is 0 Å². The van der Waals surface area contributed by atoms with Crippen molar-refractivity contribution >= 4 is 31.5 Å². The minimum absolute atomic E-state index is 0.185. The van der Waals surface area contributed by atoms with Gasteiger partial charge >= 0.3 is 0 Å². The van der Waals surface area contributed by atoms with Crippen molar-refractivity contribution in [3.05, 3.63) is 91.0 Å². The molecule has 0 N–H and O–H groups in total. The van der Waals surface area contributed by atoms with Gasteiger partial charge in [-0.2, -0.15) is 0 Å². The van der Waals surface area contributed by atoms with Gasteiger partial charge in [-0.25, -0.2) is 0 Å².